The third kappa shape index (κ3) is 22.1. The number of methoxy groups -OCH3 is 2. The molecule has 6 N–H and O–H groups in total. The molecule has 11 atom stereocenters. The minimum atomic E-state index is -0.842. The van der Waals surface area contributed by atoms with E-state index in [1.54, 1.807) is 62.3 Å². The lowest BCUT2D eigenvalue weighted by atomic mass is 9.83. The van der Waals surface area contributed by atoms with E-state index in [9.17, 15) is 43.2 Å². The molecule has 0 unspecified atom stereocenters. The summed E-state index contributed by atoms with van der Waals surface area (Å²) in [5.74, 6) is -5.06. The lowest BCUT2D eigenvalue weighted by molar-refractivity contribution is -0.149. The number of urea groups is 1. The van der Waals surface area contributed by atoms with Gasteiger partial charge in [0.1, 0.15) is 17.8 Å². The number of aryl methyl sites for hydroxylation is 2. The molecule has 0 aliphatic carbocycles. The number of nitrogens with two attached hydrogens (primary N) is 1. The van der Waals surface area contributed by atoms with Gasteiger partial charge in [0.2, 0.25) is 29.5 Å². The van der Waals surface area contributed by atoms with Crippen molar-refractivity contribution >= 4 is 69.6 Å². The molecule has 7 amide bonds. The highest BCUT2D eigenvalue weighted by Gasteiger charge is 2.44. The third-order valence-electron chi connectivity index (χ3n) is 19.0. The molecule has 2 aromatic heterocycles. The molecule has 0 spiro atoms. The van der Waals surface area contributed by atoms with E-state index in [0.29, 0.717) is 50.9 Å². The normalized spacial score (nSPS) is 16.6. The SMILES string of the molecule is CC[C@H](C)[C@@H]([C@@H](CC(=O)N1CCC[C@H]1[C@H](OC)[C@@H](C)C(=O)C[C@@H](Cc1ccccc1)C(=O)NCc1ccc(NC(=O)[C@H](CCCNC(N)=O)CC(=O)[C@@H](NC(=O)CCCn2ccc3c(C)ncnc32)C(C)C)cc1)OC)N(C)C(=O)[C@@H](CC(=O)[C@H](C(C)C)N(C)C)C(C)C. The zero-order valence-electron chi connectivity index (χ0n) is 58.6. The van der Waals surface area contributed by atoms with Crippen molar-refractivity contribution in [2.24, 2.45) is 53.1 Å². The van der Waals surface area contributed by atoms with E-state index in [1.165, 1.54) is 6.33 Å². The zero-order valence-corrected chi connectivity index (χ0v) is 58.6. The Hall–Kier alpha value is -7.43. The molecule has 0 saturated carbocycles. The molecule has 0 radical (unpaired) electrons. The maximum Gasteiger partial charge on any atom is 0.312 e. The van der Waals surface area contributed by atoms with E-state index in [2.05, 4.69) is 31.2 Å². The molecular weight excluding hydrogens is 1190 g/mol. The van der Waals surface area contributed by atoms with Crippen LogP contribution in [0.4, 0.5) is 10.5 Å². The van der Waals surface area contributed by atoms with Crippen LogP contribution in [0, 0.1) is 54.3 Å². The van der Waals surface area contributed by atoms with E-state index in [-0.39, 0.29) is 129 Å². The van der Waals surface area contributed by atoms with Crippen molar-refractivity contribution in [3.63, 3.8) is 0 Å². The lowest BCUT2D eigenvalue weighted by Gasteiger charge is -2.41. The fourth-order valence-electron chi connectivity index (χ4n) is 13.5. The molecule has 1 saturated heterocycles. The number of benzene rings is 2. The number of fused-ring (bicyclic) bond motifs is 1. The number of nitrogens with one attached hydrogen (secondary N) is 4. The number of carbonyl (C=O) groups is 9. The number of aromatic nitrogens is 3. The summed E-state index contributed by atoms with van der Waals surface area (Å²) in [6, 6.07) is 15.6. The maximum absolute atomic E-state index is 14.7. The van der Waals surface area contributed by atoms with Crippen molar-refractivity contribution in [3.05, 3.63) is 90.0 Å². The van der Waals surface area contributed by atoms with Gasteiger partial charge in [-0.25, -0.2) is 14.8 Å². The number of carbonyl (C=O) groups excluding carboxylic acids is 9. The largest absolute Gasteiger partial charge is 0.379 e. The van der Waals surface area contributed by atoms with Gasteiger partial charge in [-0.3, -0.25) is 43.3 Å². The smallest absolute Gasteiger partial charge is 0.312 e. The van der Waals surface area contributed by atoms with Crippen LogP contribution >= 0.6 is 0 Å². The standard InChI is InChI=1S/C72H109N11O11/c1-16-47(8)66(81(13)71(91)56(44(2)3)40-60(86)65(46(6)7)80(11)12)61(93-14)41-63(88)83-35-21-26-57(83)67(94-15)48(9)58(84)39-53(37-50-23-18-17-19-24-50)69(89)75-42-51-28-30-54(31-29-51)78-70(90)52(25-20-33-74-72(73)92)38-59(85)64(45(4)5)79-62(87)27-22-34-82-36-32-55-49(10)76-43-77-68(55)82/h17-19,23-24,28-32,36,43-48,52-53,56-57,61,64-67H,16,20-22,25-27,33-35,37-42H2,1-15H3,(H,75,89)(H,78,90)(H,79,87)(H3,73,74,92)/t47-,48-,52+,53+,56-,57-,61+,64-,65-,66-,67+/m0/s1. The Balaban J connectivity index is 1.22. The van der Waals surface area contributed by atoms with Crippen LogP contribution < -0.4 is 27.0 Å². The van der Waals surface area contributed by atoms with Crippen LogP contribution in [0.1, 0.15) is 150 Å². The predicted octanol–water partition coefficient (Wildman–Crippen LogP) is 8.50. The van der Waals surface area contributed by atoms with Crippen LogP contribution in [0.5, 0.6) is 0 Å². The number of anilines is 1. The van der Waals surface area contributed by atoms with Crippen LogP contribution in [0.2, 0.25) is 0 Å². The summed E-state index contributed by atoms with van der Waals surface area (Å²) in [6.07, 6.45) is 5.45. The first-order valence-corrected chi connectivity index (χ1v) is 33.8. The van der Waals surface area contributed by atoms with Crippen molar-refractivity contribution in [1.29, 1.82) is 0 Å². The monoisotopic (exact) mass is 1300 g/mol. The number of Topliss-reactive ketones (excluding diaryl/α,β-unsaturated/α-hetero) is 3. The number of hydrogen-bond donors (Lipinski definition) is 5. The molecule has 22 heteroatoms. The molecule has 5 rings (SSSR count). The number of likely N-dealkylation sites (N-methyl/N-ethyl adjacent to an activating group) is 2. The Morgan fingerprint density at radius 3 is 2.02 bits per heavy atom. The quantitative estimate of drug-likeness (QED) is 0.0261. The van der Waals surface area contributed by atoms with Gasteiger partial charge in [0.25, 0.3) is 0 Å². The Bertz CT molecular complexity index is 3130. The van der Waals surface area contributed by atoms with Gasteiger partial charge >= 0.3 is 6.03 Å². The Labute approximate surface area is 557 Å². The molecule has 4 aromatic rings. The number of primary amides is 1. The van der Waals surface area contributed by atoms with Crippen molar-refractivity contribution in [2.45, 2.75) is 196 Å². The zero-order chi connectivity index (χ0) is 69.5. The first kappa shape index (κ1) is 77.3. The molecule has 94 heavy (non-hydrogen) atoms. The fourth-order valence-corrected chi connectivity index (χ4v) is 13.5. The molecule has 2 aromatic carbocycles. The van der Waals surface area contributed by atoms with E-state index >= 15 is 0 Å². The van der Waals surface area contributed by atoms with Gasteiger partial charge in [-0.2, -0.15) is 0 Å². The van der Waals surface area contributed by atoms with E-state index in [4.69, 9.17) is 15.2 Å². The van der Waals surface area contributed by atoms with Crippen LogP contribution in [0.15, 0.2) is 73.2 Å². The molecule has 1 aliphatic heterocycles. The highest BCUT2D eigenvalue weighted by molar-refractivity contribution is 5.97. The first-order valence-electron chi connectivity index (χ1n) is 33.8. The highest BCUT2D eigenvalue weighted by atomic mass is 16.5. The summed E-state index contributed by atoms with van der Waals surface area (Å²) in [5.41, 5.74) is 9.00. The second-order valence-electron chi connectivity index (χ2n) is 27.1. The van der Waals surface area contributed by atoms with Gasteiger partial charge in [-0.05, 0) is 113 Å². The number of ether oxygens (including phenoxy) is 2. The number of hydrogen-bond acceptors (Lipinski definition) is 14. The number of rotatable bonds is 40. The summed E-state index contributed by atoms with van der Waals surface area (Å²) < 4.78 is 14.3. The second-order valence-corrected chi connectivity index (χ2v) is 27.1. The maximum atomic E-state index is 14.7. The number of amides is 7. The first-order chi connectivity index (χ1) is 44.6. The average molecular weight is 1300 g/mol. The fraction of sp³-hybridized carbons (Fsp3) is 0.625. The summed E-state index contributed by atoms with van der Waals surface area (Å²) in [4.78, 5) is 139. The molecule has 22 nitrogen and oxygen atoms in total. The third-order valence-corrected chi connectivity index (χ3v) is 19.0. The molecule has 518 valence electrons. The molecule has 1 aliphatic rings. The minimum Gasteiger partial charge on any atom is -0.379 e. The lowest BCUT2D eigenvalue weighted by Crippen LogP contribution is -2.54. The summed E-state index contributed by atoms with van der Waals surface area (Å²) in [7, 11) is 8.62. The van der Waals surface area contributed by atoms with Crippen LogP contribution in [-0.4, -0.2) is 167 Å². The van der Waals surface area contributed by atoms with Crippen molar-refractivity contribution in [2.75, 3.05) is 53.8 Å². The van der Waals surface area contributed by atoms with Gasteiger partial charge in [0.15, 0.2) is 11.6 Å². The number of ketones is 3. The summed E-state index contributed by atoms with van der Waals surface area (Å²) >= 11 is 0. The average Bonchev–Trinajstić information content (AvgIpc) is 1.58. The second kappa shape index (κ2) is 37.6. The van der Waals surface area contributed by atoms with Crippen molar-refractivity contribution in [1.82, 2.24) is 45.2 Å². The van der Waals surface area contributed by atoms with E-state index < -0.39 is 65.9 Å². The molecule has 3 heterocycles. The van der Waals surface area contributed by atoms with E-state index in [0.717, 1.165) is 27.9 Å². The predicted molar refractivity (Wildman–Crippen MR) is 365 cm³/mol. The molecule has 1 fully saturated rings. The number of nitrogens with zero attached hydrogens (tertiary/aromatic N) is 6. The van der Waals surface area contributed by atoms with Gasteiger partial charge in [-0.1, -0.05) is 111 Å². The van der Waals surface area contributed by atoms with Crippen LogP contribution in [0.3, 0.4) is 0 Å². The van der Waals surface area contributed by atoms with Crippen LogP contribution in [-0.2, 0) is 67.3 Å². The van der Waals surface area contributed by atoms with Gasteiger partial charge in [-0.15, -0.1) is 0 Å². The Kier molecular flexibility index (Phi) is 30.9. The van der Waals surface area contributed by atoms with Crippen molar-refractivity contribution < 1.29 is 52.6 Å². The van der Waals surface area contributed by atoms with Crippen LogP contribution in [0.25, 0.3) is 11.0 Å². The van der Waals surface area contributed by atoms with Gasteiger partial charge in [0, 0.05) is 114 Å². The molecule has 0 bridgehead atoms. The van der Waals surface area contributed by atoms with E-state index in [1.807, 2.05) is 128 Å². The Morgan fingerprint density at radius 2 is 1.41 bits per heavy atom. The van der Waals surface area contributed by atoms with Crippen molar-refractivity contribution in [3.8, 4) is 0 Å². The highest BCUT2D eigenvalue weighted by Crippen LogP contribution is 2.33. The summed E-state index contributed by atoms with van der Waals surface area (Å²) in [6.45, 7) is 20.7. The Morgan fingerprint density at radius 1 is 0.734 bits per heavy atom. The topological polar surface area (TPSA) is 287 Å². The molecular formula is C72H109N11O11. The minimum absolute atomic E-state index is 0.0179. The van der Waals surface area contributed by atoms with Gasteiger partial charge < -0.3 is 50.8 Å². The summed E-state index contributed by atoms with van der Waals surface area (Å²) in [5, 5.41) is 12.4. The van der Waals surface area contributed by atoms with Gasteiger partial charge in [0.05, 0.1) is 48.5 Å². The number of likely N-dealkylation sites (tertiary alicyclic amines) is 1.